The molecule has 0 N–H and O–H groups in total. The van der Waals surface area contributed by atoms with E-state index in [1.165, 1.54) is 6.42 Å². The fraction of sp³-hybridized carbons (Fsp3) is 0.846. The van der Waals surface area contributed by atoms with E-state index in [1.54, 1.807) is 18.7 Å². The monoisotopic (exact) mass is 257 g/mol. The molecule has 0 bridgehead atoms. The predicted molar refractivity (Wildman–Crippen MR) is 72.3 cm³/mol. The summed E-state index contributed by atoms with van der Waals surface area (Å²) >= 11 is 1.70. The van der Waals surface area contributed by atoms with Crippen molar-refractivity contribution in [3.63, 3.8) is 0 Å². The molecule has 1 rings (SSSR count). The molecule has 1 aliphatic rings. The third-order valence-corrected chi connectivity index (χ3v) is 3.85. The van der Waals surface area contributed by atoms with Gasteiger partial charge in [0.05, 0.1) is 0 Å². The minimum atomic E-state index is 0.157. The number of Topliss-reactive ketones (excluding diaryl/α,β-unsaturated/α-hetero) is 1. The van der Waals surface area contributed by atoms with Crippen molar-refractivity contribution in [3.05, 3.63) is 0 Å². The Hall–Kier alpha value is -0.510. The van der Waals surface area contributed by atoms with Gasteiger partial charge in [-0.1, -0.05) is 12.8 Å². The molecule has 1 atom stereocenters. The van der Waals surface area contributed by atoms with Crippen LogP contribution in [-0.4, -0.2) is 41.2 Å². The molecule has 1 saturated heterocycles. The van der Waals surface area contributed by atoms with Crippen LogP contribution in [0.3, 0.4) is 0 Å². The van der Waals surface area contributed by atoms with E-state index in [9.17, 15) is 9.59 Å². The Bertz CT molecular complexity index is 268. The van der Waals surface area contributed by atoms with Crippen molar-refractivity contribution in [2.24, 2.45) is 0 Å². The zero-order chi connectivity index (χ0) is 12.7. The fourth-order valence-corrected chi connectivity index (χ4v) is 2.76. The molecular weight excluding hydrogens is 234 g/mol. The van der Waals surface area contributed by atoms with Gasteiger partial charge in [-0.05, 0) is 26.0 Å². The van der Waals surface area contributed by atoms with Crippen LogP contribution in [0.1, 0.15) is 45.4 Å². The molecule has 4 heteroatoms. The molecule has 0 saturated carbocycles. The van der Waals surface area contributed by atoms with Crippen molar-refractivity contribution in [2.45, 2.75) is 51.5 Å². The highest BCUT2D eigenvalue weighted by Gasteiger charge is 2.25. The molecule has 1 amide bonds. The van der Waals surface area contributed by atoms with Crippen LogP contribution in [0.15, 0.2) is 0 Å². The van der Waals surface area contributed by atoms with Crippen LogP contribution in [0, 0.1) is 0 Å². The number of ketones is 1. The summed E-state index contributed by atoms with van der Waals surface area (Å²) in [4.78, 5) is 25.3. The number of thioether (sulfide) groups is 1. The van der Waals surface area contributed by atoms with Crippen LogP contribution in [0.25, 0.3) is 0 Å². The van der Waals surface area contributed by atoms with Gasteiger partial charge in [0.2, 0.25) is 5.91 Å². The minimum Gasteiger partial charge on any atom is -0.339 e. The highest BCUT2D eigenvalue weighted by atomic mass is 32.2. The number of rotatable bonds is 5. The van der Waals surface area contributed by atoms with Gasteiger partial charge in [-0.15, -0.1) is 0 Å². The zero-order valence-electron chi connectivity index (χ0n) is 10.9. The largest absolute Gasteiger partial charge is 0.339 e. The van der Waals surface area contributed by atoms with Crippen LogP contribution in [0.5, 0.6) is 0 Å². The van der Waals surface area contributed by atoms with E-state index in [-0.39, 0.29) is 17.7 Å². The summed E-state index contributed by atoms with van der Waals surface area (Å²) in [7, 11) is 0. The molecule has 98 valence electrons. The van der Waals surface area contributed by atoms with E-state index >= 15 is 0 Å². The van der Waals surface area contributed by atoms with Gasteiger partial charge in [0.1, 0.15) is 5.78 Å². The first-order chi connectivity index (χ1) is 8.15. The first-order valence-corrected chi connectivity index (χ1v) is 7.82. The lowest BCUT2D eigenvalue weighted by Crippen LogP contribution is -2.41. The highest BCUT2D eigenvalue weighted by molar-refractivity contribution is 7.98. The summed E-state index contributed by atoms with van der Waals surface area (Å²) in [6.07, 6.45) is 7.55. The lowest BCUT2D eigenvalue weighted by molar-refractivity contribution is -0.133. The molecule has 0 aromatic carbocycles. The normalized spacial score (nSPS) is 21.1. The molecule has 3 nitrogen and oxygen atoms in total. The van der Waals surface area contributed by atoms with E-state index in [4.69, 9.17) is 0 Å². The Balaban J connectivity index is 2.60. The summed E-state index contributed by atoms with van der Waals surface area (Å²) in [5.41, 5.74) is 0. The molecule has 0 aliphatic carbocycles. The van der Waals surface area contributed by atoms with E-state index in [0.29, 0.717) is 12.8 Å². The number of likely N-dealkylation sites (tertiary alicyclic amines) is 1. The third kappa shape index (κ3) is 5.11. The van der Waals surface area contributed by atoms with Gasteiger partial charge in [-0.25, -0.2) is 0 Å². The van der Waals surface area contributed by atoms with Crippen molar-refractivity contribution in [2.75, 3.05) is 18.6 Å². The van der Waals surface area contributed by atoms with Gasteiger partial charge >= 0.3 is 0 Å². The quantitative estimate of drug-likeness (QED) is 0.759. The van der Waals surface area contributed by atoms with Crippen LogP contribution in [-0.2, 0) is 9.59 Å². The minimum absolute atomic E-state index is 0.157. The Morgan fingerprint density at radius 3 is 2.71 bits per heavy atom. The fourth-order valence-electron chi connectivity index (χ4n) is 2.38. The maximum atomic E-state index is 12.1. The molecule has 0 spiro atoms. The second kappa shape index (κ2) is 7.75. The Morgan fingerprint density at radius 1 is 1.29 bits per heavy atom. The summed E-state index contributed by atoms with van der Waals surface area (Å²) in [5, 5.41) is 0. The molecular formula is C13H23NO2S. The Labute approximate surface area is 108 Å². The molecule has 1 aliphatic heterocycles. The smallest absolute Gasteiger partial charge is 0.223 e. The summed E-state index contributed by atoms with van der Waals surface area (Å²) < 4.78 is 0. The van der Waals surface area contributed by atoms with Crippen molar-refractivity contribution in [3.8, 4) is 0 Å². The van der Waals surface area contributed by atoms with E-state index < -0.39 is 0 Å². The Morgan fingerprint density at radius 2 is 2.06 bits per heavy atom. The van der Waals surface area contributed by atoms with Crippen molar-refractivity contribution in [1.82, 2.24) is 4.90 Å². The standard InChI is InChI=1S/C13H23NO2S/c1-11(15)10-12-6-4-3-5-8-14(12)13(16)7-9-17-2/h12H,3-10H2,1-2H3. The van der Waals surface area contributed by atoms with Crippen LogP contribution in [0.4, 0.5) is 0 Å². The van der Waals surface area contributed by atoms with Crippen LogP contribution >= 0.6 is 11.8 Å². The first-order valence-electron chi connectivity index (χ1n) is 6.43. The maximum Gasteiger partial charge on any atom is 0.223 e. The van der Waals surface area contributed by atoms with Gasteiger partial charge in [0.15, 0.2) is 0 Å². The average Bonchev–Trinajstić information content (AvgIpc) is 2.50. The summed E-state index contributed by atoms with van der Waals surface area (Å²) in [5.74, 6) is 1.30. The van der Waals surface area contributed by atoms with Gasteiger partial charge in [-0.2, -0.15) is 11.8 Å². The lowest BCUT2D eigenvalue weighted by Gasteiger charge is -2.29. The second-order valence-corrected chi connectivity index (χ2v) is 5.72. The molecule has 0 aromatic rings. The number of amides is 1. The average molecular weight is 257 g/mol. The van der Waals surface area contributed by atoms with Crippen molar-refractivity contribution >= 4 is 23.5 Å². The molecule has 1 heterocycles. The maximum absolute atomic E-state index is 12.1. The summed E-state index contributed by atoms with van der Waals surface area (Å²) in [6, 6.07) is 0.157. The predicted octanol–water partition coefficient (Wildman–Crippen LogP) is 2.49. The molecule has 17 heavy (non-hydrogen) atoms. The number of nitrogens with zero attached hydrogens (tertiary/aromatic N) is 1. The highest BCUT2D eigenvalue weighted by Crippen LogP contribution is 2.20. The van der Waals surface area contributed by atoms with Crippen molar-refractivity contribution in [1.29, 1.82) is 0 Å². The van der Waals surface area contributed by atoms with Crippen LogP contribution in [0.2, 0.25) is 0 Å². The topological polar surface area (TPSA) is 37.4 Å². The van der Waals surface area contributed by atoms with Gasteiger partial charge in [-0.3, -0.25) is 9.59 Å². The molecule has 1 fully saturated rings. The number of hydrogen-bond donors (Lipinski definition) is 0. The zero-order valence-corrected chi connectivity index (χ0v) is 11.7. The van der Waals surface area contributed by atoms with E-state index in [1.807, 2.05) is 11.2 Å². The van der Waals surface area contributed by atoms with Crippen molar-refractivity contribution < 1.29 is 9.59 Å². The number of carbonyl (C=O) groups is 2. The van der Waals surface area contributed by atoms with Gasteiger partial charge < -0.3 is 4.90 Å². The van der Waals surface area contributed by atoms with Gasteiger partial charge in [0.25, 0.3) is 0 Å². The van der Waals surface area contributed by atoms with Gasteiger partial charge in [0, 0.05) is 31.2 Å². The Kier molecular flexibility index (Phi) is 6.63. The molecule has 0 aromatic heterocycles. The molecule has 0 radical (unpaired) electrons. The van der Waals surface area contributed by atoms with E-state index in [2.05, 4.69) is 0 Å². The lowest BCUT2D eigenvalue weighted by atomic mass is 10.0. The van der Waals surface area contributed by atoms with Crippen LogP contribution < -0.4 is 0 Å². The number of hydrogen-bond acceptors (Lipinski definition) is 3. The third-order valence-electron chi connectivity index (χ3n) is 3.24. The molecule has 1 unspecified atom stereocenters. The SMILES string of the molecule is CSCCC(=O)N1CCCCCC1CC(C)=O. The van der Waals surface area contributed by atoms with E-state index in [0.717, 1.165) is 31.6 Å². The summed E-state index contributed by atoms with van der Waals surface area (Å²) in [6.45, 7) is 2.46. The second-order valence-electron chi connectivity index (χ2n) is 4.74. The first kappa shape index (κ1) is 14.6. The number of carbonyl (C=O) groups excluding carboxylic acids is 2.